The second-order valence-electron chi connectivity index (χ2n) is 5.42. The number of hydrogen-bond acceptors (Lipinski definition) is 7. The molecule has 23 heavy (non-hydrogen) atoms. The van der Waals surface area contributed by atoms with Gasteiger partial charge in [-0.1, -0.05) is 17.8 Å². The van der Waals surface area contributed by atoms with Gasteiger partial charge in [0.05, 0.1) is 7.11 Å². The molecule has 0 spiro atoms. The Balaban J connectivity index is 1.57. The second-order valence-corrected chi connectivity index (χ2v) is 6.46. The van der Waals surface area contributed by atoms with Crippen LogP contribution in [-0.4, -0.2) is 61.4 Å². The van der Waals surface area contributed by atoms with E-state index in [2.05, 4.69) is 15.2 Å². The number of carbonyl (C=O) groups is 1. The number of nitrogens with one attached hydrogen (secondary N) is 1. The minimum absolute atomic E-state index is 0.401. The molecule has 1 aromatic heterocycles. The van der Waals surface area contributed by atoms with Gasteiger partial charge in [-0.15, -0.1) is 0 Å². The van der Waals surface area contributed by atoms with Gasteiger partial charge in [-0.25, -0.2) is 9.78 Å². The van der Waals surface area contributed by atoms with E-state index in [1.807, 2.05) is 6.07 Å². The third kappa shape index (κ3) is 4.04. The number of aromatic nitrogens is 1. The highest BCUT2D eigenvalue weighted by Gasteiger charge is 2.16. The normalized spacial score (nSPS) is 15.9. The SMILES string of the molecule is COC(=O)c1cccc2nc(SCCCN3CCNCC3)oc12. The van der Waals surface area contributed by atoms with Crippen LogP contribution in [0.1, 0.15) is 16.8 Å². The highest BCUT2D eigenvalue weighted by atomic mass is 32.2. The van der Waals surface area contributed by atoms with E-state index >= 15 is 0 Å². The van der Waals surface area contributed by atoms with Crippen LogP contribution in [0.15, 0.2) is 27.8 Å². The molecule has 124 valence electrons. The molecule has 0 amide bonds. The fourth-order valence-corrected chi connectivity index (χ4v) is 3.40. The van der Waals surface area contributed by atoms with E-state index in [-0.39, 0.29) is 0 Å². The lowest BCUT2D eigenvalue weighted by Crippen LogP contribution is -2.43. The summed E-state index contributed by atoms with van der Waals surface area (Å²) in [5, 5.41) is 3.96. The molecule has 1 aliphatic rings. The molecule has 0 radical (unpaired) electrons. The summed E-state index contributed by atoms with van der Waals surface area (Å²) in [7, 11) is 1.36. The first kappa shape index (κ1) is 16.3. The molecule has 1 aliphatic heterocycles. The van der Waals surface area contributed by atoms with E-state index in [0.29, 0.717) is 21.9 Å². The molecule has 1 aromatic carbocycles. The van der Waals surface area contributed by atoms with Crippen LogP contribution in [0.25, 0.3) is 11.1 Å². The molecule has 1 N–H and O–H groups in total. The van der Waals surface area contributed by atoms with Gasteiger partial charge in [-0.05, 0) is 25.1 Å². The minimum Gasteiger partial charge on any atom is -0.465 e. The number of hydrogen-bond donors (Lipinski definition) is 1. The Morgan fingerprint density at radius 3 is 3.04 bits per heavy atom. The van der Waals surface area contributed by atoms with Gasteiger partial charge in [0.1, 0.15) is 11.1 Å². The predicted molar refractivity (Wildman–Crippen MR) is 90.0 cm³/mol. The Morgan fingerprint density at radius 1 is 1.43 bits per heavy atom. The van der Waals surface area contributed by atoms with Crippen molar-refractivity contribution >= 4 is 28.8 Å². The first-order valence-corrected chi connectivity index (χ1v) is 8.80. The molecular weight excluding hydrogens is 314 g/mol. The zero-order chi connectivity index (χ0) is 16.1. The lowest BCUT2D eigenvalue weighted by atomic mass is 10.2. The van der Waals surface area contributed by atoms with E-state index in [0.717, 1.165) is 44.9 Å². The van der Waals surface area contributed by atoms with Gasteiger partial charge in [-0.3, -0.25) is 0 Å². The number of rotatable bonds is 6. The average Bonchev–Trinajstić information content (AvgIpc) is 3.02. The quantitative estimate of drug-likeness (QED) is 0.492. The predicted octanol–water partition coefficient (Wildman–Crippen LogP) is 2.00. The summed E-state index contributed by atoms with van der Waals surface area (Å²) >= 11 is 1.59. The number of carbonyl (C=O) groups excluding carboxylic acids is 1. The maximum absolute atomic E-state index is 11.7. The third-order valence-electron chi connectivity index (χ3n) is 3.85. The Bertz CT molecular complexity index is 668. The van der Waals surface area contributed by atoms with E-state index in [9.17, 15) is 4.79 Å². The number of benzene rings is 1. The Hall–Kier alpha value is -1.57. The molecule has 0 bridgehead atoms. The van der Waals surface area contributed by atoms with Crippen LogP contribution in [0.2, 0.25) is 0 Å². The van der Waals surface area contributed by atoms with Crippen LogP contribution in [0, 0.1) is 0 Å². The Labute approximate surface area is 139 Å². The van der Waals surface area contributed by atoms with Crippen LogP contribution in [0.3, 0.4) is 0 Å². The van der Waals surface area contributed by atoms with Crippen molar-refractivity contribution in [2.24, 2.45) is 0 Å². The van der Waals surface area contributed by atoms with Crippen LogP contribution in [0.4, 0.5) is 0 Å². The minimum atomic E-state index is -0.401. The van der Waals surface area contributed by atoms with E-state index in [4.69, 9.17) is 9.15 Å². The van der Waals surface area contributed by atoms with Gasteiger partial charge in [0.15, 0.2) is 5.58 Å². The average molecular weight is 335 g/mol. The standard InChI is InChI=1S/C16H21N3O3S/c1-21-15(20)12-4-2-5-13-14(12)22-16(18-13)23-11-3-8-19-9-6-17-7-10-19/h2,4-5,17H,3,6-11H2,1H3. The van der Waals surface area contributed by atoms with Crippen LogP contribution in [0.5, 0.6) is 0 Å². The van der Waals surface area contributed by atoms with Crippen molar-refractivity contribution < 1.29 is 13.9 Å². The smallest absolute Gasteiger partial charge is 0.341 e. The summed E-state index contributed by atoms with van der Waals surface area (Å²) in [4.78, 5) is 18.7. The Kier molecular flexibility index (Phi) is 5.53. The second kappa shape index (κ2) is 7.81. The van der Waals surface area contributed by atoms with Gasteiger partial charge in [-0.2, -0.15) is 0 Å². The first-order chi connectivity index (χ1) is 11.3. The van der Waals surface area contributed by atoms with Gasteiger partial charge in [0, 0.05) is 31.9 Å². The zero-order valence-corrected chi connectivity index (χ0v) is 14.0. The van der Waals surface area contributed by atoms with Gasteiger partial charge in [0.25, 0.3) is 5.22 Å². The number of fused-ring (bicyclic) bond motifs is 1. The topological polar surface area (TPSA) is 67.6 Å². The molecule has 0 aliphatic carbocycles. The van der Waals surface area contributed by atoms with E-state index in [1.54, 1.807) is 23.9 Å². The molecule has 0 atom stereocenters. The van der Waals surface area contributed by atoms with Gasteiger partial charge in [0.2, 0.25) is 0 Å². The third-order valence-corrected chi connectivity index (χ3v) is 4.77. The monoisotopic (exact) mass is 335 g/mol. The largest absolute Gasteiger partial charge is 0.465 e. The fourth-order valence-electron chi connectivity index (χ4n) is 2.64. The summed E-state index contributed by atoms with van der Waals surface area (Å²) in [6, 6.07) is 5.32. The lowest BCUT2D eigenvalue weighted by molar-refractivity contribution is 0.0601. The molecule has 2 heterocycles. The summed E-state index contributed by atoms with van der Waals surface area (Å²) < 4.78 is 10.5. The maximum Gasteiger partial charge on any atom is 0.341 e. The molecule has 6 nitrogen and oxygen atoms in total. The van der Waals surface area contributed by atoms with Crippen LogP contribution >= 0.6 is 11.8 Å². The number of nitrogens with zero attached hydrogens (tertiary/aromatic N) is 2. The summed E-state index contributed by atoms with van der Waals surface area (Å²) in [6.45, 7) is 5.50. The van der Waals surface area contributed by atoms with Crippen molar-refractivity contribution in [2.45, 2.75) is 11.6 Å². The molecular formula is C16H21N3O3S. The summed E-state index contributed by atoms with van der Waals surface area (Å²) in [6.07, 6.45) is 1.09. The molecule has 3 rings (SSSR count). The maximum atomic E-state index is 11.7. The molecule has 7 heteroatoms. The van der Waals surface area contributed by atoms with Crippen molar-refractivity contribution in [1.29, 1.82) is 0 Å². The van der Waals surface area contributed by atoms with Crippen LogP contribution < -0.4 is 5.32 Å². The highest BCUT2D eigenvalue weighted by molar-refractivity contribution is 7.99. The number of oxazole rings is 1. The van der Waals surface area contributed by atoms with E-state index < -0.39 is 5.97 Å². The number of piperazine rings is 1. The van der Waals surface area contributed by atoms with E-state index in [1.165, 1.54) is 7.11 Å². The molecule has 0 unspecified atom stereocenters. The van der Waals surface area contributed by atoms with Crippen molar-refractivity contribution in [3.63, 3.8) is 0 Å². The van der Waals surface area contributed by atoms with Crippen LogP contribution in [-0.2, 0) is 4.74 Å². The first-order valence-electron chi connectivity index (χ1n) is 7.81. The van der Waals surface area contributed by atoms with Crippen molar-refractivity contribution in [1.82, 2.24) is 15.2 Å². The molecule has 0 saturated carbocycles. The van der Waals surface area contributed by atoms with Crippen molar-refractivity contribution in [3.8, 4) is 0 Å². The fraction of sp³-hybridized carbons (Fsp3) is 0.500. The lowest BCUT2D eigenvalue weighted by Gasteiger charge is -2.26. The Morgan fingerprint density at radius 2 is 2.26 bits per heavy atom. The van der Waals surface area contributed by atoms with Crippen molar-refractivity contribution in [2.75, 3.05) is 45.6 Å². The number of ether oxygens (including phenoxy) is 1. The summed E-state index contributed by atoms with van der Waals surface area (Å²) in [5.41, 5.74) is 1.62. The van der Waals surface area contributed by atoms with Gasteiger partial charge >= 0.3 is 5.97 Å². The number of esters is 1. The molecule has 2 aromatic rings. The van der Waals surface area contributed by atoms with Gasteiger partial charge < -0.3 is 19.4 Å². The summed E-state index contributed by atoms with van der Waals surface area (Å²) in [5.74, 6) is 0.548. The number of para-hydroxylation sites is 1. The molecule has 1 fully saturated rings. The highest BCUT2D eigenvalue weighted by Crippen LogP contribution is 2.26. The zero-order valence-electron chi connectivity index (χ0n) is 13.2. The van der Waals surface area contributed by atoms with Crippen molar-refractivity contribution in [3.05, 3.63) is 23.8 Å². The molecule has 1 saturated heterocycles. The number of methoxy groups -OCH3 is 1. The number of thioether (sulfide) groups is 1.